The van der Waals surface area contributed by atoms with Gasteiger partial charge in [0.1, 0.15) is 11.4 Å². The number of pyridine rings is 1. The van der Waals surface area contributed by atoms with E-state index in [9.17, 15) is 14.4 Å². The molecule has 7 nitrogen and oxygen atoms in total. The van der Waals surface area contributed by atoms with Crippen molar-refractivity contribution in [2.75, 3.05) is 25.0 Å². The molecule has 29 heavy (non-hydrogen) atoms. The van der Waals surface area contributed by atoms with Crippen LogP contribution in [0.5, 0.6) is 0 Å². The highest BCUT2D eigenvalue weighted by atomic mass is 16.5. The predicted molar refractivity (Wildman–Crippen MR) is 109 cm³/mol. The van der Waals surface area contributed by atoms with Gasteiger partial charge in [-0.2, -0.15) is 0 Å². The van der Waals surface area contributed by atoms with Gasteiger partial charge in [0.25, 0.3) is 11.8 Å². The van der Waals surface area contributed by atoms with Gasteiger partial charge in [-0.15, -0.1) is 0 Å². The molecule has 0 radical (unpaired) electrons. The number of esters is 1. The third kappa shape index (κ3) is 4.99. The Hall–Kier alpha value is -3.22. The van der Waals surface area contributed by atoms with Crippen molar-refractivity contribution in [1.29, 1.82) is 0 Å². The molecule has 2 heterocycles. The molecule has 1 fully saturated rings. The third-order valence-corrected chi connectivity index (χ3v) is 4.82. The van der Waals surface area contributed by atoms with Crippen LogP contribution in [0.4, 0.5) is 5.69 Å². The molecule has 1 N–H and O–H groups in total. The van der Waals surface area contributed by atoms with Crippen LogP contribution in [0, 0.1) is 5.92 Å². The first kappa shape index (κ1) is 20.5. The Morgan fingerprint density at radius 1 is 1.14 bits per heavy atom. The molecule has 152 valence electrons. The molecule has 2 amide bonds. The number of carbonyl (C=O) groups excluding carboxylic acids is 3. The number of aromatic nitrogens is 1. The zero-order valence-corrected chi connectivity index (χ0v) is 16.7. The first-order chi connectivity index (χ1) is 14.0. The van der Waals surface area contributed by atoms with Gasteiger partial charge in [-0.3, -0.25) is 9.59 Å². The minimum atomic E-state index is -0.514. The summed E-state index contributed by atoms with van der Waals surface area (Å²) in [5.74, 6) is -0.723. The van der Waals surface area contributed by atoms with Gasteiger partial charge in [-0.1, -0.05) is 25.1 Å². The smallest absolute Gasteiger partial charge is 0.340 e. The number of para-hydroxylation sites is 1. The minimum Gasteiger partial charge on any atom is -0.462 e. The summed E-state index contributed by atoms with van der Waals surface area (Å²) in [5.41, 5.74) is 0.946. The van der Waals surface area contributed by atoms with Gasteiger partial charge in [-0.25, -0.2) is 9.78 Å². The monoisotopic (exact) mass is 395 g/mol. The normalized spacial score (nSPS) is 16.2. The Morgan fingerprint density at radius 3 is 2.66 bits per heavy atom. The number of anilines is 1. The standard InChI is InChI=1S/C22H25N3O4/c1-3-29-22(28)16-9-4-5-10-17(16)24-20(26)18-11-6-12-19(23-18)21(27)25-13-7-8-15(2)14-25/h4-6,9-12,15H,3,7-8,13-14H2,1-2H3,(H,24,26). The summed E-state index contributed by atoms with van der Waals surface area (Å²) in [6.07, 6.45) is 2.08. The lowest BCUT2D eigenvalue weighted by Gasteiger charge is -2.30. The van der Waals surface area contributed by atoms with E-state index in [1.165, 1.54) is 6.07 Å². The lowest BCUT2D eigenvalue weighted by atomic mass is 10.00. The van der Waals surface area contributed by atoms with E-state index in [2.05, 4.69) is 17.2 Å². The number of hydrogen-bond acceptors (Lipinski definition) is 5. The molecule has 0 saturated carbocycles. The number of amides is 2. The van der Waals surface area contributed by atoms with Gasteiger partial charge < -0.3 is 15.0 Å². The SMILES string of the molecule is CCOC(=O)c1ccccc1NC(=O)c1cccc(C(=O)N2CCCC(C)C2)n1. The number of piperidine rings is 1. The van der Waals surface area contributed by atoms with E-state index in [4.69, 9.17) is 4.74 Å². The van der Waals surface area contributed by atoms with E-state index >= 15 is 0 Å². The number of ether oxygens (including phenoxy) is 1. The molecule has 2 aromatic rings. The Kier molecular flexibility index (Phi) is 6.59. The van der Waals surface area contributed by atoms with Crippen molar-refractivity contribution >= 4 is 23.5 Å². The maximum Gasteiger partial charge on any atom is 0.340 e. The van der Waals surface area contributed by atoms with Crippen LogP contribution in [0.3, 0.4) is 0 Å². The Morgan fingerprint density at radius 2 is 1.90 bits per heavy atom. The molecule has 0 spiro atoms. The van der Waals surface area contributed by atoms with Crippen molar-refractivity contribution in [2.24, 2.45) is 5.92 Å². The molecule has 0 bridgehead atoms. The molecule has 1 aromatic heterocycles. The van der Waals surface area contributed by atoms with E-state index in [0.717, 1.165) is 12.8 Å². The third-order valence-electron chi connectivity index (χ3n) is 4.82. The highest BCUT2D eigenvalue weighted by Crippen LogP contribution is 2.19. The van der Waals surface area contributed by atoms with Gasteiger partial charge in [0.15, 0.2) is 0 Å². The van der Waals surface area contributed by atoms with Crippen molar-refractivity contribution < 1.29 is 19.1 Å². The topological polar surface area (TPSA) is 88.6 Å². The van der Waals surface area contributed by atoms with Crippen molar-refractivity contribution in [2.45, 2.75) is 26.7 Å². The number of likely N-dealkylation sites (tertiary alicyclic amines) is 1. The quantitative estimate of drug-likeness (QED) is 0.784. The van der Waals surface area contributed by atoms with Crippen LogP contribution in [0.25, 0.3) is 0 Å². The second-order valence-corrected chi connectivity index (χ2v) is 7.13. The van der Waals surface area contributed by atoms with E-state index in [-0.39, 0.29) is 29.5 Å². The molecular formula is C22H25N3O4. The summed E-state index contributed by atoms with van der Waals surface area (Å²) in [6, 6.07) is 11.4. The predicted octanol–water partition coefficient (Wildman–Crippen LogP) is 3.38. The van der Waals surface area contributed by atoms with Crippen molar-refractivity contribution in [1.82, 2.24) is 9.88 Å². The Bertz CT molecular complexity index is 912. The van der Waals surface area contributed by atoms with Crippen LogP contribution in [-0.2, 0) is 4.74 Å². The lowest BCUT2D eigenvalue weighted by Crippen LogP contribution is -2.39. The number of carbonyl (C=O) groups is 3. The number of rotatable bonds is 5. The largest absolute Gasteiger partial charge is 0.462 e. The molecule has 1 saturated heterocycles. The van der Waals surface area contributed by atoms with Crippen LogP contribution in [0.2, 0.25) is 0 Å². The highest BCUT2D eigenvalue weighted by molar-refractivity contribution is 6.07. The Labute approximate surface area is 170 Å². The summed E-state index contributed by atoms with van der Waals surface area (Å²) in [4.78, 5) is 43.6. The summed E-state index contributed by atoms with van der Waals surface area (Å²) in [6.45, 7) is 5.48. The molecular weight excluding hydrogens is 370 g/mol. The van der Waals surface area contributed by atoms with Crippen LogP contribution in [0.1, 0.15) is 58.0 Å². The molecule has 1 aromatic carbocycles. The van der Waals surface area contributed by atoms with Crippen LogP contribution >= 0.6 is 0 Å². The summed E-state index contributed by atoms with van der Waals surface area (Å²) in [5, 5.41) is 2.69. The maximum absolute atomic E-state index is 12.8. The molecule has 1 aliphatic heterocycles. The van der Waals surface area contributed by atoms with Crippen LogP contribution in [-0.4, -0.2) is 47.4 Å². The van der Waals surface area contributed by atoms with Crippen molar-refractivity contribution in [3.63, 3.8) is 0 Å². The van der Waals surface area contributed by atoms with Crippen molar-refractivity contribution in [3.05, 3.63) is 59.4 Å². The highest BCUT2D eigenvalue weighted by Gasteiger charge is 2.24. The zero-order chi connectivity index (χ0) is 20.8. The Balaban J connectivity index is 1.77. The van der Waals surface area contributed by atoms with Gasteiger partial charge >= 0.3 is 5.97 Å². The molecule has 1 unspecified atom stereocenters. The van der Waals surface area contributed by atoms with E-state index in [1.807, 2.05) is 0 Å². The van der Waals surface area contributed by atoms with Gasteiger partial charge in [0.05, 0.1) is 17.9 Å². The first-order valence-corrected chi connectivity index (χ1v) is 9.83. The fourth-order valence-corrected chi connectivity index (χ4v) is 3.38. The summed E-state index contributed by atoms with van der Waals surface area (Å²) < 4.78 is 5.03. The molecule has 1 atom stereocenters. The second-order valence-electron chi connectivity index (χ2n) is 7.13. The summed E-state index contributed by atoms with van der Waals surface area (Å²) in [7, 11) is 0. The van der Waals surface area contributed by atoms with Crippen LogP contribution < -0.4 is 5.32 Å². The number of hydrogen-bond donors (Lipinski definition) is 1. The number of nitrogens with one attached hydrogen (secondary N) is 1. The van der Waals surface area contributed by atoms with E-state index in [0.29, 0.717) is 24.7 Å². The molecule has 3 rings (SSSR count). The van der Waals surface area contributed by atoms with E-state index in [1.54, 1.807) is 48.2 Å². The molecule has 0 aliphatic carbocycles. The first-order valence-electron chi connectivity index (χ1n) is 9.83. The fourth-order valence-electron chi connectivity index (χ4n) is 3.38. The van der Waals surface area contributed by atoms with Crippen molar-refractivity contribution in [3.8, 4) is 0 Å². The van der Waals surface area contributed by atoms with Gasteiger partial charge in [-0.05, 0) is 49.9 Å². The zero-order valence-electron chi connectivity index (χ0n) is 16.7. The fraction of sp³-hybridized carbons (Fsp3) is 0.364. The minimum absolute atomic E-state index is 0.111. The molecule has 1 aliphatic rings. The second kappa shape index (κ2) is 9.32. The number of benzene rings is 1. The summed E-state index contributed by atoms with van der Waals surface area (Å²) >= 11 is 0. The lowest BCUT2D eigenvalue weighted by molar-refractivity contribution is 0.0527. The molecule has 7 heteroatoms. The average molecular weight is 395 g/mol. The van der Waals surface area contributed by atoms with Crippen LogP contribution in [0.15, 0.2) is 42.5 Å². The number of nitrogens with zero attached hydrogens (tertiary/aromatic N) is 2. The van der Waals surface area contributed by atoms with Gasteiger partial charge in [0, 0.05) is 13.1 Å². The van der Waals surface area contributed by atoms with E-state index < -0.39 is 11.9 Å². The maximum atomic E-state index is 12.8. The average Bonchev–Trinajstić information content (AvgIpc) is 2.74. The van der Waals surface area contributed by atoms with Gasteiger partial charge in [0.2, 0.25) is 0 Å².